The summed E-state index contributed by atoms with van der Waals surface area (Å²) in [5, 5.41) is 4.32. The molecule has 0 fully saturated rings. The van der Waals surface area contributed by atoms with Crippen molar-refractivity contribution < 1.29 is 0 Å². The number of thiocarbonyl (C=S) groups is 1. The van der Waals surface area contributed by atoms with E-state index in [1.54, 1.807) is 0 Å². The van der Waals surface area contributed by atoms with Crippen molar-refractivity contribution in [2.24, 2.45) is 0 Å². The topological polar surface area (TPSA) is 15.3 Å². The van der Waals surface area contributed by atoms with E-state index < -0.39 is 0 Å². The summed E-state index contributed by atoms with van der Waals surface area (Å²) in [4.78, 5) is 2.30. The fraction of sp³-hybridized carbons (Fsp3) is 0.269. The quantitative estimate of drug-likeness (QED) is 0.446. The Hall–Kier alpha value is -2.65. The Morgan fingerprint density at radius 1 is 0.759 bits per heavy atom. The molecule has 3 aromatic rings. The molecule has 150 valence electrons. The van der Waals surface area contributed by atoms with Gasteiger partial charge in [0.1, 0.15) is 0 Å². The maximum absolute atomic E-state index is 5.85. The first-order valence-corrected chi connectivity index (χ1v) is 10.8. The smallest absolute Gasteiger partial charge is 0.173 e. The predicted molar refractivity (Wildman–Crippen MR) is 129 cm³/mol. The molecule has 0 aliphatic heterocycles. The number of rotatable bonds is 8. The molecule has 0 spiro atoms. The first-order valence-electron chi connectivity index (χ1n) is 10.4. The van der Waals surface area contributed by atoms with Crippen molar-refractivity contribution in [3.8, 4) is 0 Å². The number of nitrogens with zero attached hydrogens (tertiary/aromatic N) is 1. The van der Waals surface area contributed by atoms with E-state index in [2.05, 4.69) is 109 Å². The van der Waals surface area contributed by atoms with E-state index >= 15 is 0 Å². The first kappa shape index (κ1) is 21.1. The summed E-state index contributed by atoms with van der Waals surface area (Å²) in [5.41, 5.74) is 5.07. The molecule has 0 saturated carbocycles. The second-order valence-corrected chi connectivity index (χ2v) is 8.02. The van der Waals surface area contributed by atoms with E-state index in [0.29, 0.717) is 5.92 Å². The summed E-state index contributed by atoms with van der Waals surface area (Å²) in [7, 11) is 0. The summed E-state index contributed by atoms with van der Waals surface area (Å²) < 4.78 is 0. The molecule has 3 aromatic carbocycles. The monoisotopic (exact) mass is 402 g/mol. The van der Waals surface area contributed by atoms with E-state index in [0.717, 1.165) is 36.7 Å². The van der Waals surface area contributed by atoms with Gasteiger partial charge in [0.05, 0.1) is 0 Å². The maximum atomic E-state index is 5.85. The van der Waals surface area contributed by atoms with Crippen LogP contribution in [-0.4, -0.2) is 23.1 Å². The molecule has 0 unspecified atom stereocenters. The summed E-state index contributed by atoms with van der Waals surface area (Å²) in [6, 6.07) is 29.7. The highest BCUT2D eigenvalue weighted by molar-refractivity contribution is 7.80. The van der Waals surface area contributed by atoms with Crippen LogP contribution in [0.5, 0.6) is 0 Å². The Labute approximate surface area is 180 Å². The fourth-order valence-electron chi connectivity index (χ4n) is 3.44. The third-order valence-corrected chi connectivity index (χ3v) is 5.50. The van der Waals surface area contributed by atoms with Gasteiger partial charge in [-0.3, -0.25) is 0 Å². The minimum absolute atomic E-state index is 0.448. The maximum Gasteiger partial charge on any atom is 0.173 e. The zero-order valence-electron chi connectivity index (χ0n) is 17.3. The van der Waals surface area contributed by atoms with Crippen LogP contribution in [0.1, 0.15) is 36.5 Å². The first-order chi connectivity index (χ1) is 14.1. The Bertz CT molecular complexity index is 847. The molecule has 0 aromatic heterocycles. The number of hydrogen-bond donors (Lipinski definition) is 1. The van der Waals surface area contributed by atoms with Crippen molar-refractivity contribution in [1.29, 1.82) is 0 Å². The lowest BCUT2D eigenvalue weighted by Gasteiger charge is -2.27. The van der Waals surface area contributed by atoms with Gasteiger partial charge in [0.25, 0.3) is 0 Å². The van der Waals surface area contributed by atoms with Crippen molar-refractivity contribution in [2.75, 3.05) is 18.4 Å². The molecule has 3 rings (SSSR count). The Balaban J connectivity index is 1.71. The molecule has 0 aliphatic rings. The van der Waals surface area contributed by atoms with Gasteiger partial charge in [0.15, 0.2) is 5.11 Å². The van der Waals surface area contributed by atoms with Gasteiger partial charge in [-0.05, 0) is 53.7 Å². The molecular weight excluding hydrogens is 372 g/mol. The van der Waals surface area contributed by atoms with Crippen LogP contribution in [0, 0.1) is 0 Å². The van der Waals surface area contributed by atoms with Crippen molar-refractivity contribution in [3.63, 3.8) is 0 Å². The Morgan fingerprint density at radius 2 is 1.24 bits per heavy atom. The predicted octanol–water partition coefficient (Wildman–Crippen LogP) is 6.29. The van der Waals surface area contributed by atoms with Gasteiger partial charge in [-0.1, -0.05) is 92.7 Å². The summed E-state index contributed by atoms with van der Waals surface area (Å²) >= 11 is 5.85. The molecule has 0 atom stereocenters. The van der Waals surface area contributed by atoms with Crippen LogP contribution >= 0.6 is 12.2 Å². The molecule has 0 saturated heterocycles. The molecule has 0 heterocycles. The third-order valence-electron chi connectivity index (χ3n) is 5.14. The van der Waals surface area contributed by atoms with E-state index in [1.165, 1.54) is 16.7 Å². The molecule has 0 bridgehead atoms. The van der Waals surface area contributed by atoms with Crippen LogP contribution < -0.4 is 5.32 Å². The highest BCUT2D eigenvalue weighted by Crippen LogP contribution is 2.24. The molecule has 3 heteroatoms. The molecular formula is C26H30N2S. The van der Waals surface area contributed by atoms with E-state index in [-0.39, 0.29) is 0 Å². The minimum atomic E-state index is 0.448. The second kappa shape index (κ2) is 10.8. The number of benzene rings is 3. The van der Waals surface area contributed by atoms with Crippen LogP contribution in [0.2, 0.25) is 0 Å². The lowest BCUT2D eigenvalue weighted by atomic mass is 10.0. The van der Waals surface area contributed by atoms with Crippen LogP contribution in [0.3, 0.4) is 0 Å². The normalized spacial score (nSPS) is 10.7. The molecule has 0 aliphatic carbocycles. The van der Waals surface area contributed by atoms with Gasteiger partial charge >= 0.3 is 0 Å². The highest BCUT2D eigenvalue weighted by Gasteiger charge is 2.13. The van der Waals surface area contributed by atoms with E-state index in [4.69, 9.17) is 12.2 Å². The largest absolute Gasteiger partial charge is 0.348 e. The van der Waals surface area contributed by atoms with Crippen molar-refractivity contribution in [1.82, 2.24) is 4.90 Å². The van der Waals surface area contributed by atoms with Gasteiger partial charge < -0.3 is 10.2 Å². The van der Waals surface area contributed by atoms with Crippen LogP contribution in [-0.2, 0) is 12.8 Å². The number of nitrogens with one attached hydrogen (secondary N) is 1. The van der Waals surface area contributed by atoms with Gasteiger partial charge in [0, 0.05) is 18.8 Å². The molecule has 0 amide bonds. The zero-order chi connectivity index (χ0) is 20.5. The van der Waals surface area contributed by atoms with Crippen molar-refractivity contribution in [3.05, 3.63) is 102 Å². The minimum Gasteiger partial charge on any atom is -0.348 e. The Morgan fingerprint density at radius 3 is 1.76 bits per heavy atom. The standard InChI is InChI=1S/C26H30N2S/c1-21(2)24-15-9-10-16-25(24)27-26(29)28(19-17-22-11-5-3-6-12-22)20-18-23-13-7-4-8-14-23/h3-16,21H,17-20H2,1-2H3,(H,27,29). The number of anilines is 1. The Kier molecular flexibility index (Phi) is 7.83. The summed E-state index contributed by atoms with van der Waals surface area (Å²) in [5.74, 6) is 0.448. The zero-order valence-corrected chi connectivity index (χ0v) is 18.2. The fourth-order valence-corrected chi connectivity index (χ4v) is 3.73. The van der Waals surface area contributed by atoms with E-state index in [1.807, 2.05) is 0 Å². The molecule has 0 radical (unpaired) electrons. The van der Waals surface area contributed by atoms with Crippen LogP contribution in [0.25, 0.3) is 0 Å². The number of para-hydroxylation sites is 1. The van der Waals surface area contributed by atoms with Crippen molar-refractivity contribution >= 4 is 23.0 Å². The third kappa shape index (κ3) is 6.43. The summed E-state index contributed by atoms with van der Waals surface area (Å²) in [6.45, 7) is 6.22. The second-order valence-electron chi connectivity index (χ2n) is 7.63. The average Bonchev–Trinajstić information content (AvgIpc) is 2.75. The van der Waals surface area contributed by atoms with Crippen molar-refractivity contribution in [2.45, 2.75) is 32.6 Å². The van der Waals surface area contributed by atoms with Crippen LogP contribution in [0.4, 0.5) is 5.69 Å². The number of hydrogen-bond acceptors (Lipinski definition) is 1. The van der Waals surface area contributed by atoms with Gasteiger partial charge in [-0.15, -0.1) is 0 Å². The molecule has 2 nitrogen and oxygen atoms in total. The lowest BCUT2D eigenvalue weighted by molar-refractivity contribution is 0.432. The molecule has 29 heavy (non-hydrogen) atoms. The lowest BCUT2D eigenvalue weighted by Crippen LogP contribution is -2.38. The summed E-state index contributed by atoms with van der Waals surface area (Å²) in [6.07, 6.45) is 1.95. The van der Waals surface area contributed by atoms with E-state index in [9.17, 15) is 0 Å². The van der Waals surface area contributed by atoms with Gasteiger partial charge in [-0.2, -0.15) is 0 Å². The van der Waals surface area contributed by atoms with Crippen LogP contribution in [0.15, 0.2) is 84.9 Å². The van der Waals surface area contributed by atoms with Gasteiger partial charge in [0.2, 0.25) is 0 Å². The SMILES string of the molecule is CC(C)c1ccccc1NC(=S)N(CCc1ccccc1)CCc1ccccc1. The highest BCUT2D eigenvalue weighted by atomic mass is 32.1. The molecule has 1 N–H and O–H groups in total. The van der Waals surface area contributed by atoms with Gasteiger partial charge in [-0.25, -0.2) is 0 Å². The average molecular weight is 403 g/mol.